The quantitative estimate of drug-likeness (QED) is 0.868. The summed E-state index contributed by atoms with van der Waals surface area (Å²) in [7, 11) is 0. The third-order valence-electron chi connectivity index (χ3n) is 6.28. The molecule has 1 saturated carbocycles. The van der Waals surface area contributed by atoms with Crippen LogP contribution in [0.2, 0.25) is 0 Å². The first-order valence-corrected chi connectivity index (χ1v) is 10.3. The van der Waals surface area contributed by atoms with Gasteiger partial charge in [0.2, 0.25) is 0 Å². The minimum Gasteiger partial charge on any atom is -0.335 e. The molecule has 132 valence electrons. The molecule has 2 aliphatic heterocycles. The molecule has 0 aromatic carbocycles. The fourth-order valence-corrected chi connectivity index (χ4v) is 6.70. The molecule has 2 saturated heterocycles. The molecule has 2 bridgehead atoms. The average molecular weight is 347 g/mol. The zero-order valence-electron chi connectivity index (χ0n) is 15.2. The molecule has 3 heterocycles. The molecule has 0 radical (unpaired) electrons. The molecule has 2 unspecified atom stereocenters. The van der Waals surface area contributed by atoms with Gasteiger partial charge in [0.15, 0.2) is 0 Å². The standard InChI is InChI=1S/C20H30N2OS/c1-19(2)9-16-10-20(3,12-19)13-22(16)18(23)15-8-17(24-11-15)14-4-6-21-7-5-14/h8,11,14,16,21H,4-7,9-10,12-13H2,1-3H3. The highest BCUT2D eigenvalue weighted by atomic mass is 32.1. The second-order valence-corrected chi connectivity index (χ2v) is 10.4. The number of rotatable bonds is 2. The smallest absolute Gasteiger partial charge is 0.254 e. The van der Waals surface area contributed by atoms with Gasteiger partial charge in [0.1, 0.15) is 0 Å². The number of piperidine rings is 1. The molecule has 1 N–H and O–H groups in total. The molecule has 2 atom stereocenters. The first kappa shape index (κ1) is 16.6. The van der Waals surface area contributed by atoms with Crippen LogP contribution in [0.1, 0.15) is 74.0 Å². The minimum atomic E-state index is 0.276. The number of nitrogens with zero attached hydrogens (tertiary/aromatic N) is 1. The summed E-state index contributed by atoms with van der Waals surface area (Å²) in [4.78, 5) is 16.8. The predicted molar refractivity (Wildman–Crippen MR) is 99.7 cm³/mol. The van der Waals surface area contributed by atoms with Crippen molar-refractivity contribution in [2.45, 2.75) is 64.8 Å². The van der Waals surface area contributed by atoms with Crippen LogP contribution in [0.25, 0.3) is 0 Å². The lowest BCUT2D eigenvalue weighted by atomic mass is 9.65. The molecule has 3 nitrogen and oxygen atoms in total. The summed E-state index contributed by atoms with van der Waals surface area (Å²) in [6.07, 6.45) is 5.98. The first-order chi connectivity index (χ1) is 11.4. The molecule has 1 aromatic rings. The molecule has 0 spiro atoms. The first-order valence-electron chi connectivity index (χ1n) is 9.45. The zero-order valence-corrected chi connectivity index (χ0v) is 16.0. The largest absolute Gasteiger partial charge is 0.335 e. The van der Waals surface area contributed by atoms with E-state index < -0.39 is 0 Å². The van der Waals surface area contributed by atoms with Crippen molar-refractivity contribution < 1.29 is 4.79 Å². The van der Waals surface area contributed by atoms with Crippen LogP contribution in [-0.2, 0) is 0 Å². The van der Waals surface area contributed by atoms with Crippen molar-refractivity contribution in [1.82, 2.24) is 10.2 Å². The lowest BCUT2D eigenvalue weighted by molar-refractivity contribution is 0.0708. The molecule has 3 aliphatic rings. The van der Waals surface area contributed by atoms with E-state index in [1.54, 1.807) is 11.3 Å². The molecule has 3 fully saturated rings. The number of carbonyl (C=O) groups is 1. The van der Waals surface area contributed by atoms with Crippen LogP contribution in [0.3, 0.4) is 0 Å². The van der Waals surface area contributed by atoms with Gasteiger partial charge < -0.3 is 10.2 Å². The van der Waals surface area contributed by atoms with Crippen molar-refractivity contribution >= 4 is 17.2 Å². The van der Waals surface area contributed by atoms with E-state index in [4.69, 9.17) is 0 Å². The van der Waals surface area contributed by atoms with E-state index in [0.717, 1.165) is 31.6 Å². The van der Waals surface area contributed by atoms with E-state index >= 15 is 0 Å². The van der Waals surface area contributed by atoms with Gasteiger partial charge in [0.25, 0.3) is 5.91 Å². The molecule has 1 aliphatic carbocycles. The van der Waals surface area contributed by atoms with Crippen molar-refractivity contribution in [2.24, 2.45) is 10.8 Å². The molecular formula is C20H30N2OS. The highest BCUT2D eigenvalue weighted by Crippen LogP contribution is 2.52. The summed E-state index contributed by atoms with van der Waals surface area (Å²) < 4.78 is 0. The van der Waals surface area contributed by atoms with Gasteiger partial charge in [-0.1, -0.05) is 20.8 Å². The Labute approximate surface area is 149 Å². The Morgan fingerprint density at radius 1 is 1.25 bits per heavy atom. The average Bonchev–Trinajstić information content (AvgIpc) is 3.09. The molecule has 1 amide bonds. The van der Waals surface area contributed by atoms with Crippen molar-refractivity contribution in [3.63, 3.8) is 0 Å². The summed E-state index contributed by atoms with van der Waals surface area (Å²) in [5, 5.41) is 5.53. The Morgan fingerprint density at radius 2 is 2.00 bits per heavy atom. The minimum absolute atomic E-state index is 0.276. The Hall–Kier alpha value is -0.870. The number of likely N-dealkylation sites (tertiary alicyclic amines) is 1. The molecule has 24 heavy (non-hydrogen) atoms. The predicted octanol–water partition coefficient (Wildman–Crippen LogP) is 4.26. The van der Waals surface area contributed by atoms with Crippen molar-refractivity contribution in [3.8, 4) is 0 Å². The maximum Gasteiger partial charge on any atom is 0.254 e. The summed E-state index contributed by atoms with van der Waals surface area (Å²) in [5.41, 5.74) is 1.61. The molecular weight excluding hydrogens is 316 g/mol. The van der Waals surface area contributed by atoms with Crippen LogP contribution in [0, 0.1) is 10.8 Å². The maximum atomic E-state index is 13.2. The van der Waals surface area contributed by atoms with Crippen LogP contribution in [0.15, 0.2) is 11.4 Å². The fourth-order valence-electron chi connectivity index (χ4n) is 5.65. The van der Waals surface area contributed by atoms with Gasteiger partial charge in [-0.25, -0.2) is 0 Å². The van der Waals surface area contributed by atoms with Crippen LogP contribution in [0.5, 0.6) is 0 Å². The second kappa shape index (κ2) is 5.84. The fraction of sp³-hybridized carbons (Fsp3) is 0.750. The second-order valence-electron chi connectivity index (χ2n) is 9.41. The highest BCUT2D eigenvalue weighted by Gasteiger charge is 2.51. The van der Waals surface area contributed by atoms with E-state index in [9.17, 15) is 4.79 Å². The molecule has 4 heteroatoms. The van der Waals surface area contributed by atoms with Gasteiger partial charge in [-0.2, -0.15) is 0 Å². The lowest BCUT2D eigenvalue weighted by Gasteiger charge is -2.39. The number of hydrogen-bond acceptors (Lipinski definition) is 3. The third kappa shape index (κ3) is 3.03. The number of hydrogen-bond donors (Lipinski definition) is 1. The number of carbonyl (C=O) groups excluding carboxylic acids is 1. The van der Waals surface area contributed by atoms with Gasteiger partial charge in [0.05, 0.1) is 5.56 Å². The summed E-state index contributed by atoms with van der Waals surface area (Å²) in [6.45, 7) is 10.3. The lowest BCUT2D eigenvalue weighted by Crippen LogP contribution is -2.37. The monoisotopic (exact) mass is 346 g/mol. The molecule has 4 rings (SSSR count). The van der Waals surface area contributed by atoms with E-state index in [1.165, 1.54) is 30.6 Å². The summed E-state index contributed by atoms with van der Waals surface area (Å²) in [6, 6.07) is 2.63. The van der Waals surface area contributed by atoms with Crippen molar-refractivity contribution in [3.05, 3.63) is 21.9 Å². The van der Waals surface area contributed by atoms with E-state index in [-0.39, 0.29) is 5.91 Å². The van der Waals surface area contributed by atoms with Crippen LogP contribution < -0.4 is 5.32 Å². The number of thiophene rings is 1. The van der Waals surface area contributed by atoms with Gasteiger partial charge in [-0.05, 0) is 68.0 Å². The van der Waals surface area contributed by atoms with Crippen LogP contribution in [0.4, 0.5) is 0 Å². The van der Waals surface area contributed by atoms with Gasteiger partial charge in [-0.15, -0.1) is 11.3 Å². The maximum absolute atomic E-state index is 13.2. The molecule has 1 aromatic heterocycles. The number of nitrogens with one attached hydrogen (secondary N) is 1. The summed E-state index contributed by atoms with van der Waals surface area (Å²) in [5.74, 6) is 0.921. The zero-order chi connectivity index (χ0) is 16.9. The van der Waals surface area contributed by atoms with E-state index in [1.807, 2.05) is 0 Å². The van der Waals surface area contributed by atoms with Crippen LogP contribution >= 0.6 is 11.3 Å². The van der Waals surface area contributed by atoms with Gasteiger partial charge >= 0.3 is 0 Å². The Bertz CT molecular complexity index is 631. The highest BCUT2D eigenvalue weighted by molar-refractivity contribution is 7.10. The normalized spacial score (nSPS) is 33.0. The SMILES string of the molecule is CC1(C)CC2CC(C)(CN2C(=O)c2csc(C3CCNCC3)c2)C1. The van der Waals surface area contributed by atoms with E-state index in [0.29, 0.717) is 22.8 Å². The Morgan fingerprint density at radius 3 is 2.75 bits per heavy atom. The van der Waals surface area contributed by atoms with Gasteiger partial charge in [-0.3, -0.25) is 4.79 Å². The third-order valence-corrected chi connectivity index (χ3v) is 7.38. The van der Waals surface area contributed by atoms with Crippen molar-refractivity contribution in [2.75, 3.05) is 19.6 Å². The topological polar surface area (TPSA) is 32.3 Å². The summed E-state index contributed by atoms with van der Waals surface area (Å²) >= 11 is 1.79. The Balaban J connectivity index is 1.51. The number of amides is 1. The van der Waals surface area contributed by atoms with Crippen molar-refractivity contribution in [1.29, 1.82) is 0 Å². The van der Waals surface area contributed by atoms with Gasteiger partial charge in [0, 0.05) is 22.8 Å². The number of fused-ring (bicyclic) bond motifs is 2. The Kier molecular flexibility index (Phi) is 4.04. The van der Waals surface area contributed by atoms with Crippen LogP contribution in [-0.4, -0.2) is 36.5 Å². The van der Waals surface area contributed by atoms with E-state index in [2.05, 4.69) is 42.4 Å².